The van der Waals surface area contributed by atoms with E-state index in [0.29, 0.717) is 11.7 Å². The molecule has 18 heavy (non-hydrogen) atoms. The quantitative estimate of drug-likeness (QED) is 0.559. The van der Waals surface area contributed by atoms with Crippen molar-refractivity contribution in [1.82, 2.24) is 0 Å². The van der Waals surface area contributed by atoms with Crippen molar-refractivity contribution in [1.29, 1.82) is 0 Å². The summed E-state index contributed by atoms with van der Waals surface area (Å²) in [6.07, 6.45) is 19.2. The van der Waals surface area contributed by atoms with Crippen molar-refractivity contribution in [3.8, 4) is 0 Å². The summed E-state index contributed by atoms with van der Waals surface area (Å²) < 4.78 is 0. The van der Waals surface area contributed by atoms with Crippen LogP contribution in [0.5, 0.6) is 0 Å². The second-order valence-corrected chi connectivity index (χ2v) is 5.88. The van der Waals surface area contributed by atoms with Gasteiger partial charge in [0.1, 0.15) is 0 Å². The van der Waals surface area contributed by atoms with Gasteiger partial charge in [0, 0.05) is 6.42 Å². The fraction of sp³-hybridized carbons (Fsp3) is 0.824. The predicted octanol–water partition coefficient (Wildman–Crippen LogP) is 5.44. The zero-order valence-electron chi connectivity index (χ0n) is 12.1. The van der Waals surface area contributed by atoms with Gasteiger partial charge in [-0.15, -0.1) is 0 Å². The van der Waals surface area contributed by atoms with Crippen LogP contribution in [-0.2, 0) is 4.79 Å². The predicted molar refractivity (Wildman–Crippen MR) is 78.7 cm³/mol. The van der Waals surface area contributed by atoms with E-state index in [9.17, 15) is 4.79 Å². The molecular weight excluding hydrogens is 220 g/mol. The molecule has 0 bridgehead atoms. The highest BCUT2D eigenvalue weighted by Gasteiger charge is 2.01. The first-order valence-corrected chi connectivity index (χ1v) is 8.00. The third kappa shape index (κ3) is 8.49. The van der Waals surface area contributed by atoms with Crippen molar-refractivity contribution < 1.29 is 4.79 Å². The molecule has 1 nitrogen and oxygen atoms in total. The largest absolute Gasteiger partial charge is 0.295 e. The number of carbonyl (C=O) groups is 1. The highest BCUT2D eigenvalue weighted by molar-refractivity contribution is 5.89. The molecule has 1 aliphatic rings. The molecule has 0 aromatic carbocycles. The Morgan fingerprint density at radius 3 is 1.94 bits per heavy atom. The minimum absolute atomic E-state index is 0.328. The van der Waals surface area contributed by atoms with Gasteiger partial charge in [0.05, 0.1) is 0 Å². The van der Waals surface area contributed by atoms with Gasteiger partial charge in [-0.05, 0) is 24.8 Å². The summed E-state index contributed by atoms with van der Waals surface area (Å²) >= 11 is 0. The van der Waals surface area contributed by atoms with E-state index in [0.717, 1.165) is 12.8 Å². The summed E-state index contributed by atoms with van der Waals surface area (Å²) in [5.74, 6) is 0.899. The van der Waals surface area contributed by atoms with Crippen LogP contribution in [0.25, 0.3) is 0 Å². The number of hydrogen-bond acceptors (Lipinski definition) is 1. The van der Waals surface area contributed by atoms with Gasteiger partial charge in [0.15, 0.2) is 5.78 Å². The molecule has 0 saturated heterocycles. The van der Waals surface area contributed by atoms with Gasteiger partial charge in [-0.25, -0.2) is 0 Å². The normalized spacial score (nSPS) is 26.1. The van der Waals surface area contributed by atoms with Crippen molar-refractivity contribution in [2.24, 2.45) is 5.92 Å². The Hall–Kier alpha value is -0.590. The van der Waals surface area contributed by atoms with E-state index < -0.39 is 0 Å². The van der Waals surface area contributed by atoms with Crippen molar-refractivity contribution >= 4 is 5.78 Å². The molecule has 0 heterocycles. The Morgan fingerprint density at radius 2 is 1.33 bits per heavy atom. The van der Waals surface area contributed by atoms with E-state index in [1.54, 1.807) is 0 Å². The monoisotopic (exact) mass is 250 g/mol. The standard InChI is InChI=1S/C17H30O/c1-16-12-10-8-6-4-2-3-5-7-9-11-13-17(18)15-14-16/h14-16H,2-13H2,1H3. The Labute approximate surface area is 113 Å². The summed E-state index contributed by atoms with van der Waals surface area (Å²) in [6.45, 7) is 2.23. The molecule has 0 aromatic rings. The van der Waals surface area contributed by atoms with Gasteiger partial charge in [-0.1, -0.05) is 70.8 Å². The lowest BCUT2D eigenvalue weighted by atomic mass is 9.99. The third-order valence-corrected chi connectivity index (χ3v) is 3.94. The fourth-order valence-corrected chi connectivity index (χ4v) is 2.63. The number of carbonyl (C=O) groups excluding carboxylic acids is 1. The minimum Gasteiger partial charge on any atom is -0.295 e. The van der Waals surface area contributed by atoms with Gasteiger partial charge in [-0.2, -0.15) is 0 Å². The molecule has 0 amide bonds. The second-order valence-electron chi connectivity index (χ2n) is 5.88. The SMILES string of the molecule is CC1C=CC(=O)CCCCCCCCCCCC1. The van der Waals surface area contributed by atoms with E-state index >= 15 is 0 Å². The van der Waals surface area contributed by atoms with E-state index in [1.807, 2.05) is 6.08 Å². The van der Waals surface area contributed by atoms with Crippen LogP contribution in [0.2, 0.25) is 0 Å². The molecule has 0 aromatic heterocycles. The lowest BCUT2D eigenvalue weighted by Gasteiger charge is -2.07. The zero-order chi connectivity index (χ0) is 13.1. The molecule has 1 unspecified atom stereocenters. The maximum atomic E-state index is 11.6. The van der Waals surface area contributed by atoms with Gasteiger partial charge >= 0.3 is 0 Å². The van der Waals surface area contributed by atoms with Crippen LogP contribution in [0, 0.1) is 5.92 Å². The van der Waals surface area contributed by atoms with Gasteiger partial charge < -0.3 is 0 Å². The number of rotatable bonds is 0. The molecule has 0 spiro atoms. The highest BCUT2D eigenvalue weighted by Crippen LogP contribution is 2.15. The average Bonchev–Trinajstić information content (AvgIpc) is 2.36. The van der Waals surface area contributed by atoms with E-state index in [-0.39, 0.29) is 0 Å². The molecule has 1 atom stereocenters. The molecule has 104 valence electrons. The molecule has 0 N–H and O–H groups in total. The van der Waals surface area contributed by atoms with Gasteiger partial charge in [0.2, 0.25) is 0 Å². The fourth-order valence-electron chi connectivity index (χ4n) is 2.63. The van der Waals surface area contributed by atoms with E-state index in [1.165, 1.54) is 64.2 Å². The van der Waals surface area contributed by atoms with Crippen LogP contribution in [0.3, 0.4) is 0 Å². The Bertz CT molecular complexity index is 242. The molecule has 1 aliphatic carbocycles. The summed E-state index contributed by atoms with van der Waals surface area (Å²) in [4.78, 5) is 11.6. The summed E-state index contributed by atoms with van der Waals surface area (Å²) in [6, 6.07) is 0. The van der Waals surface area contributed by atoms with Crippen molar-refractivity contribution in [3.63, 3.8) is 0 Å². The first kappa shape index (κ1) is 15.5. The topological polar surface area (TPSA) is 17.1 Å². The molecular formula is C17H30O. The number of allylic oxidation sites excluding steroid dienone is 2. The first-order valence-electron chi connectivity index (χ1n) is 8.00. The zero-order valence-corrected chi connectivity index (χ0v) is 12.1. The van der Waals surface area contributed by atoms with Gasteiger partial charge in [-0.3, -0.25) is 4.79 Å². The van der Waals surface area contributed by atoms with Gasteiger partial charge in [0.25, 0.3) is 0 Å². The lowest BCUT2D eigenvalue weighted by molar-refractivity contribution is -0.114. The molecule has 0 fully saturated rings. The molecule has 0 saturated carbocycles. The van der Waals surface area contributed by atoms with Crippen LogP contribution in [0.15, 0.2) is 12.2 Å². The van der Waals surface area contributed by atoms with E-state index in [4.69, 9.17) is 0 Å². The van der Waals surface area contributed by atoms with Crippen LogP contribution >= 0.6 is 0 Å². The van der Waals surface area contributed by atoms with Crippen molar-refractivity contribution in [2.75, 3.05) is 0 Å². The Morgan fingerprint density at radius 1 is 0.833 bits per heavy atom. The summed E-state index contributed by atoms with van der Waals surface area (Å²) in [5, 5.41) is 0. The van der Waals surface area contributed by atoms with Crippen LogP contribution in [-0.4, -0.2) is 5.78 Å². The third-order valence-electron chi connectivity index (χ3n) is 3.94. The first-order chi connectivity index (χ1) is 8.79. The molecule has 1 rings (SSSR count). The minimum atomic E-state index is 0.328. The molecule has 0 radical (unpaired) electrons. The van der Waals surface area contributed by atoms with Crippen LogP contribution < -0.4 is 0 Å². The molecule has 0 aliphatic heterocycles. The second kappa shape index (κ2) is 10.3. The lowest BCUT2D eigenvalue weighted by Crippen LogP contribution is -1.96. The highest BCUT2D eigenvalue weighted by atomic mass is 16.1. The van der Waals surface area contributed by atoms with Crippen LogP contribution in [0.1, 0.15) is 84.0 Å². The Kier molecular flexibility index (Phi) is 8.89. The van der Waals surface area contributed by atoms with Crippen LogP contribution in [0.4, 0.5) is 0 Å². The molecule has 1 heteroatoms. The van der Waals surface area contributed by atoms with Crippen molar-refractivity contribution in [2.45, 2.75) is 84.0 Å². The average molecular weight is 250 g/mol. The number of ketones is 1. The maximum absolute atomic E-state index is 11.6. The van der Waals surface area contributed by atoms with E-state index in [2.05, 4.69) is 13.0 Å². The Balaban J connectivity index is 2.30. The van der Waals surface area contributed by atoms with Crippen molar-refractivity contribution in [3.05, 3.63) is 12.2 Å². The summed E-state index contributed by atoms with van der Waals surface area (Å²) in [7, 11) is 0. The smallest absolute Gasteiger partial charge is 0.155 e. The summed E-state index contributed by atoms with van der Waals surface area (Å²) in [5.41, 5.74) is 0. The maximum Gasteiger partial charge on any atom is 0.155 e. The number of hydrogen-bond donors (Lipinski definition) is 0.